The Morgan fingerprint density at radius 3 is 2.32 bits per heavy atom. The molecule has 2 N–H and O–H groups in total. The van der Waals surface area contributed by atoms with E-state index in [2.05, 4.69) is 5.32 Å². The summed E-state index contributed by atoms with van der Waals surface area (Å²) in [5.74, 6) is -2.03. The second-order valence-electron chi connectivity index (χ2n) is 7.22. The number of benzene rings is 1. The van der Waals surface area contributed by atoms with Crippen LogP contribution in [0.25, 0.3) is 0 Å². The molecule has 7 nitrogen and oxygen atoms in total. The molecular formula is C18H22Cl2N2O5S. The first-order valence-electron chi connectivity index (χ1n) is 9.21. The van der Waals surface area contributed by atoms with Crippen molar-refractivity contribution in [2.24, 2.45) is 5.92 Å². The molecule has 1 aliphatic carbocycles. The van der Waals surface area contributed by atoms with Crippen LogP contribution in [-0.4, -0.2) is 48.3 Å². The van der Waals surface area contributed by atoms with E-state index in [9.17, 15) is 23.1 Å². The first-order chi connectivity index (χ1) is 13.2. The maximum atomic E-state index is 13.1. The van der Waals surface area contributed by atoms with Gasteiger partial charge in [-0.3, -0.25) is 9.59 Å². The second kappa shape index (κ2) is 8.57. The highest BCUT2D eigenvalue weighted by atomic mass is 35.5. The van der Waals surface area contributed by atoms with Crippen molar-refractivity contribution in [2.45, 2.75) is 55.5 Å². The number of nitrogens with one attached hydrogen (secondary N) is 1. The van der Waals surface area contributed by atoms with Crippen molar-refractivity contribution in [3.8, 4) is 0 Å². The zero-order valence-electron chi connectivity index (χ0n) is 15.1. The zero-order valence-corrected chi connectivity index (χ0v) is 17.4. The molecule has 1 aliphatic heterocycles. The smallest absolute Gasteiger partial charge is 0.308 e. The van der Waals surface area contributed by atoms with E-state index in [0.717, 1.165) is 17.1 Å². The molecule has 1 heterocycles. The van der Waals surface area contributed by atoms with Crippen LogP contribution in [-0.2, 0) is 19.6 Å². The van der Waals surface area contributed by atoms with Gasteiger partial charge < -0.3 is 10.4 Å². The Hall–Kier alpha value is -1.35. The molecular weight excluding hydrogens is 427 g/mol. The molecule has 28 heavy (non-hydrogen) atoms. The van der Waals surface area contributed by atoms with E-state index in [1.807, 2.05) is 0 Å². The third-order valence-electron chi connectivity index (χ3n) is 5.36. The van der Waals surface area contributed by atoms with E-state index in [-0.39, 0.29) is 21.5 Å². The molecule has 1 saturated heterocycles. The highest BCUT2D eigenvalue weighted by Gasteiger charge is 2.41. The summed E-state index contributed by atoms with van der Waals surface area (Å²) in [6.07, 6.45) is 3.65. The van der Waals surface area contributed by atoms with Crippen LogP contribution in [0.5, 0.6) is 0 Å². The molecule has 0 aromatic heterocycles. The molecule has 1 saturated carbocycles. The van der Waals surface area contributed by atoms with Gasteiger partial charge in [0.1, 0.15) is 6.04 Å². The Bertz CT molecular complexity index is 856. The Balaban J connectivity index is 1.80. The van der Waals surface area contributed by atoms with Crippen LogP contribution in [0.4, 0.5) is 0 Å². The quantitative estimate of drug-likeness (QED) is 0.720. The van der Waals surface area contributed by atoms with Crippen LogP contribution in [0.3, 0.4) is 0 Å². The summed E-state index contributed by atoms with van der Waals surface area (Å²) in [6.45, 7) is 0.206. The molecule has 10 heteroatoms. The molecule has 0 radical (unpaired) electrons. The van der Waals surface area contributed by atoms with E-state index < -0.39 is 39.9 Å². The molecule has 1 aromatic carbocycles. The van der Waals surface area contributed by atoms with Crippen molar-refractivity contribution < 1.29 is 23.1 Å². The lowest BCUT2D eigenvalue weighted by Gasteiger charge is -2.31. The largest absolute Gasteiger partial charge is 0.481 e. The van der Waals surface area contributed by atoms with Gasteiger partial charge in [-0.15, -0.1) is 0 Å². The normalized spacial score (nSPS) is 26.1. The fourth-order valence-corrected chi connectivity index (χ4v) is 6.36. The van der Waals surface area contributed by atoms with Crippen LogP contribution < -0.4 is 5.32 Å². The maximum absolute atomic E-state index is 13.1. The molecule has 3 rings (SSSR count). The van der Waals surface area contributed by atoms with Gasteiger partial charge in [-0.1, -0.05) is 36.0 Å². The Kier molecular flexibility index (Phi) is 6.54. The number of carboxylic acids is 1. The van der Waals surface area contributed by atoms with Gasteiger partial charge in [-0.2, -0.15) is 4.31 Å². The standard InChI is InChI=1S/C18H22Cl2N2O5S/c19-11-8-12(20)10-13(9-11)28(26,27)22-7-3-6-16(22)17(23)21-15-5-2-1-4-14(15)18(24)25/h8-10,14-16H,1-7H2,(H,21,23)(H,24,25)/t14-,15+,16-/m0/s1. The van der Waals surface area contributed by atoms with Crippen LogP contribution in [0.2, 0.25) is 10.0 Å². The highest BCUT2D eigenvalue weighted by molar-refractivity contribution is 7.89. The van der Waals surface area contributed by atoms with E-state index in [1.54, 1.807) is 0 Å². The Morgan fingerprint density at radius 2 is 1.68 bits per heavy atom. The molecule has 3 atom stereocenters. The topological polar surface area (TPSA) is 104 Å². The van der Waals surface area contributed by atoms with Crippen molar-refractivity contribution >= 4 is 45.1 Å². The second-order valence-corrected chi connectivity index (χ2v) is 9.99. The number of aliphatic carboxylic acids is 1. The molecule has 0 unspecified atom stereocenters. The van der Waals surface area contributed by atoms with Crippen LogP contribution >= 0.6 is 23.2 Å². The summed E-state index contributed by atoms with van der Waals surface area (Å²) in [6, 6.07) is 2.68. The number of halogens is 2. The number of carbonyl (C=O) groups is 2. The van der Waals surface area contributed by atoms with Gasteiger partial charge >= 0.3 is 5.97 Å². The summed E-state index contributed by atoms with van der Waals surface area (Å²) in [7, 11) is -3.96. The number of rotatable bonds is 5. The van der Waals surface area contributed by atoms with Gasteiger partial charge in [0.15, 0.2) is 0 Å². The predicted molar refractivity (Wildman–Crippen MR) is 105 cm³/mol. The summed E-state index contributed by atoms with van der Waals surface area (Å²) in [5.41, 5.74) is 0. The van der Waals surface area contributed by atoms with E-state index in [4.69, 9.17) is 23.2 Å². The molecule has 154 valence electrons. The lowest BCUT2D eigenvalue weighted by molar-refractivity contribution is -0.144. The minimum atomic E-state index is -3.96. The summed E-state index contributed by atoms with van der Waals surface area (Å²) >= 11 is 11.9. The molecule has 1 amide bonds. The van der Waals surface area contributed by atoms with Crippen molar-refractivity contribution in [3.63, 3.8) is 0 Å². The molecule has 0 bridgehead atoms. The molecule has 2 fully saturated rings. The summed E-state index contributed by atoms with van der Waals surface area (Å²) in [5, 5.41) is 12.6. The van der Waals surface area contributed by atoms with Crippen molar-refractivity contribution in [1.29, 1.82) is 0 Å². The third kappa shape index (κ3) is 4.45. The van der Waals surface area contributed by atoms with Crippen LogP contribution in [0.15, 0.2) is 23.1 Å². The number of carbonyl (C=O) groups excluding carboxylic acids is 1. The van der Waals surface area contributed by atoms with Crippen LogP contribution in [0, 0.1) is 5.92 Å². The number of hydrogen-bond donors (Lipinski definition) is 2. The number of sulfonamides is 1. The number of amides is 1. The Morgan fingerprint density at radius 1 is 1.04 bits per heavy atom. The van der Waals surface area contributed by atoms with E-state index >= 15 is 0 Å². The average Bonchev–Trinajstić information content (AvgIpc) is 3.12. The fourth-order valence-electron chi connectivity index (χ4n) is 3.98. The van der Waals surface area contributed by atoms with Crippen molar-refractivity contribution in [1.82, 2.24) is 9.62 Å². The predicted octanol–water partition coefficient (Wildman–Crippen LogP) is 2.91. The summed E-state index contributed by atoms with van der Waals surface area (Å²) in [4.78, 5) is 24.2. The Labute approximate surface area is 174 Å². The first kappa shape index (κ1) is 21.4. The number of carboxylic acid groups (broad SMARTS) is 1. The minimum Gasteiger partial charge on any atom is -0.481 e. The molecule has 1 aromatic rings. The average molecular weight is 449 g/mol. The van der Waals surface area contributed by atoms with E-state index in [0.29, 0.717) is 25.7 Å². The lowest BCUT2D eigenvalue weighted by Crippen LogP contribution is -2.52. The monoisotopic (exact) mass is 448 g/mol. The van der Waals surface area contributed by atoms with Gasteiger partial charge in [-0.25, -0.2) is 8.42 Å². The van der Waals surface area contributed by atoms with Crippen molar-refractivity contribution in [3.05, 3.63) is 28.2 Å². The third-order valence-corrected chi connectivity index (χ3v) is 7.68. The zero-order chi connectivity index (χ0) is 20.5. The summed E-state index contributed by atoms with van der Waals surface area (Å²) < 4.78 is 27.3. The van der Waals surface area contributed by atoms with Gasteiger partial charge in [0.2, 0.25) is 15.9 Å². The molecule has 0 spiro atoms. The van der Waals surface area contributed by atoms with Crippen LogP contribution in [0.1, 0.15) is 38.5 Å². The van der Waals surface area contributed by atoms with Gasteiger partial charge in [-0.05, 0) is 43.9 Å². The number of hydrogen-bond acceptors (Lipinski definition) is 4. The molecule has 2 aliphatic rings. The minimum absolute atomic E-state index is 0.0641. The SMILES string of the molecule is O=C(O)[C@H]1CCCC[C@H]1NC(=O)[C@@H]1CCCN1S(=O)(=O)c1cc(Cl)cc(Cl)c1. The lowest BCUT2D eigenvalue weighted by atomic mass is 9.84. The first-order valence-corrected chi connectivity index (χ1v) is 11.4. The fraction of sp³-hybridized carbons (Fsp3) is 0.556. The van der Waals surface area contributed by atoms with Gasteiger partial charge in [0.25, 0.3) is 0 Å². The maximum Gasteiger partial charge on any atom is 0.308 e. The van der Waals surface area contributed by atoms with E-state index in [1.165, 1.54) is 18.2 Å². The van der Waals surface area contributed by atoms with Gasteiger partial charge in [0.05, 0.1) is 10.8 Å². The van der Waals surface area contributed by atoms with Gasteiger partial charge in [0, 0.05) is 22.6 Å². The van der Waals surface area contributed by atoms with Crippen molar-refractivity contribution in [2.75, 3.05) is 6.54 Å². The highest BCUT2D eigenvalue weighted by Crippen LogP contribution is 2.31. The number of nitrogens with zero attached hydrogens (tertiary/aromatic N) is 1.